The molecule has 5 rings (SSSR count). The largest absolute Gasteiger partial charge is 0.353 e. The standard InChI is InChI=1S/C26H25N5O/c32-26(25(21-9-3-1-4-10-21)22-11-5-2-6-12-22)31-17-15-30(16-18-31)24-19-23(27-20-28-24)29-13-7-8-14-29/h1-14,19-20,25H,15-18H2. The molecule has 0 aliphatic carbocycles. The fourth-order valence-electron chi connectivity index (χ4n) is 4.25. The molecule has 0 N–H and O–H groups in total. The number of amides is 1. The van der Waals surface area contributed by atoms with Crippen molar-refractivity contribution in [3.05, 3.63) is 109 Å². The molecule has 3 heterocycles. The Morgan fingerprint density at radius 2 is 1.28 bits per heavy atom. The smallest absolute Gasteiger partial charge is 0.234 e. The monoisotopic (exact) mass is 423 g/mol. The summed E-state index contributed by atoms with van der Waals surface area (Å²) in [6.07, 6.45) is 5.54. The molecule has 0 radical (unpaired) electrons. The molecule has 0 spiro atoms. The zero-order chi connectivity index (χ0) is 21.8. The first-order chi connectivity index (χ1) is 15.8. The summed E-state index contributed by atoms with van der Waals surface area (Å²) in [7, 11) is 0. The number of nitrogens with zero attached hydrogens (tertiary/aromatic N) is 5. The summed E-state index contributed by atoms with van der Waals surface area (Å²) in [6, 6.07) is 26.0. The maximum absolute atomic E-state index is 13.6. The van der Waals surface area contributed by atoms with Crippen LogP contribution in [0.3, 0.4) is 0 Å². The first kappa shape index (κ1) is 20.0. The Labute approximate surface area is 187 Å². The molecule has 6 nitrogen and oxygen atoms in total. The molecule has 1 aliphatic rings. The van der Waals surface area contributed by atoms with Crippen molar-refractivity contribution in [1.82, 2.24) is 19.4 Å². The number of rotatable bonds is 5. The lowest BCUT2D eigenvalue weighted by atomic mass is 9.90. The number of aromatic nitrogens is 3. The molecule has 0 bridgehead atoms. The summed E-state index contributed by atoms with van der Waals surface area (Å²) in [5, 5.41) is 0. The Kier molecular flexibility index (Phi) is 5.66. The fourth-order valence-corrected chi connectivity index (χ4v) is 4.25. The SMILES string of the molecule is O=C(C(c1ccccc1)c1ccccc1)N1CCN(c2cc(-n3cccc3)ncn2)CC1. The fraction of sp³-hybridized carbons (Fsp3) is 0.192. The van der Waals surface area contributed by atoms with Gasteiger partial charge in [-0.15, -0.1) is 0 Å². The van der Waals surface area contributed by atoms with Crippen molar-refractivity contribution in [3.8, 4) is 5.82 Å². The molecule has 1 saturated heterocycles. The van der Waals surface area contributed by atoms with Crippen LogP contribution < -0.4 is 4.90 Å². The number of carbonyl (C=O) groups excluding carboxylic acids is 1. The average Bonchev–Trinajstić information content (AvgIpc) is 3.41. The second-order valence-electron chi connectivity index (χ2n) is 7.89. The molecule has 1 aliphatic heterocycles. The summed E-state index contributed by atoms with van der Waals surface area (Å²) in [6.45, 7) is 2.81. The third kappa shape index (κ3) is 4.12. The lowest BCUT2D eigenvalue weighted by molar-refractivity contribution is -0.132. The molecule has 160 valence electrons. The van der Waals surface area contributed by atoms with Gasteiger partial charge in [-0.05, 0) is 23.3 Å². The van der Waals surface area contributed by atoms with Gasteiger partial charge in [0, 0.05) is 44.6 Å². The number of piperazine rings is 1. The van der Waals surface area contributed by atoms with Crippen molar-refractivity contribution >= 4 is 11.7 Å². The first-order valence-corrected chi connectivity index (χ1v) is 10.9. The van der Waals surface area contributed by atoms with Crippen LogP contribution in [-0.4, -0.2) is 51.5 Å². The van der Waals surface area contributed by atoms with E-state index in [0.717, 1.165) is 35.9 Å². The number of benzene rings is 2. The highest BCUT2D eigenvalue weighted by Crippen LogP contribution is 2.28. The Bertz CT molecular complexity index is 1110. The second kappa shape index (κ2) is 9.06. The van der Waals surface area contributed by atoms with Gasteiger partial charge >= 0.3 is 0 Å². The summed E-state index contributed by atoms with van der Waals surface area (Å²) in [5.41, 5.74) is 2.05. The Morgan fingerprint density at radius 3 is 1.88 bits per heavy atom. The molecule has 0 atom stereocenters. The molecule has 1 fully saturated rings. The highest BCUT2D eigenvalue weighted by atomic mass is 16.2. The van der Waals surface area contributed by atoms with Crippen LogP contribution in [0.5, 0.6) is 0 Å². The van der Waals surface area contributed by atoms with E-state index >= 15 is 0 Å². The Hall–Kier alpha value is -3.93. The van der Waals surface area contributed by atoms with Crippen molar-refractivity contribution in [2.24, 2.45) is 0 Å². The van der Waals surface area contributed by atoms with Crippen molar-refractivity contribution < 1.29 is 4.79 Å². The zero-order valence-corrected chi connectivity index (χ0v) is 17.8. The summed E-state index contributed by atoms with van der Waals surface area (Å²) in [4.78, 5) is 26.7. The quantitative estimate of drug-likeness (QED) is 0.491. The van der Waals surface area contributed by atoms with Gasteiger partial charge in [0.05, 0.1) is 5.92 Å². The maximum Gasteiger partial charge on any atom is 0.234 e. The third-order valence-electron chi connectivity index (χ3n) is 5.94. The Morgan fingerprint density at radius 1 is 0.719 bits per heavy atom. The highest BCUT2D eigenvalue weighted by Gasteiger charge is 2.30. The van der Waals surface area contributed by atoms with E-state index in [1.54, 1.807) is 6.33 Å². The van der Waals surface area contributed by atoms with Gasteiger partial charge in [-0.25, -0.2) is 9.97 Å². The maximum atomic E-state index is 13.6. The molecule has 1 amide bonds. The van der Waals surface area contributed by atoms with Gasteiger partial charge in [-0.3, -0.25) is 4.79 Å². The van der Waals surface area contributed by atoms with E-state index in [1.165, 1.54) is 0 Å². The van der Waals surface area contributed by atoms with Crippen molar-refractivity contribution in [1.29, 1.82) is 0 Å². The van der Waals surface area contributed by atoms with E-state index in [-0.39, 0.29) is 11.8 Å². The van der Waals surface area contributed by atoms with Crippen LogP contribution in [-0.2, 0) is 4.79 Å². The second-order valence-corrected chi connectivity index (χ2v) is 7.89. The number of carbonyl (C=O) groups is 1. The molecule has 2 aromatic carbocycles. The summed E-state index contributed by atoms with van der Waals surface area (Å²) in [5.74, 6) is 1.59. The van der Waals surface area contributed by atoms with Crippen LogP contribution in [0, 0.1) is 0 Å². The van der Waals surface area contributed by atoms with Gasteiger partial charge in [-0.2, -0.15) is 0 Å². The van der Waals surface area contributed by atoms with Gasteiger partial charge in [0.15, 0.2) is 0 Å². The minimum absolute atomic E-state index is 0.151. The minimum atomic E-state index is -0.289. The van der Waals surface area contributed by atoms with E-state index in [4.69, 9.17) is 0 Å². The molecule has 2 aromatic heterocycles. The lowest BCUT2D eigenvalue weighted by Gasteiger charge is -2.37. The number of hydrogen-bond donors (Lipinski definition) is 0. The Balaban J connectivity index is 1.32. The summed E-state index contributed by atoms with van der Waals surface area (Å²) >= 11 is 0. The molecule has 4 aromatic rings. The van der Waals surface area contributed by atoms with Gasteiger partial charge in [-0.1, -0.05) is 60.7 Å². The molecule has 0 unspecified atom stereocenters. The molecule has 0 saturated carbocycles. The van der Waals surface area contributed by atoms with E-state index in [0.29, 0.717) is 13.1 Å². The van der Waals surface area contributed by atoms with Crippen LogP contribution >= 0.6 is 0 Å². The molecular weight excluding hydrogens is 398 g/mol. The lowest BCUT2D eigenvalue weighted by Crippen LogP contribution is -2.50. The van der Waals surface area contributed by atoms with E-state index in [9.17, 15) is 4.79 Å². The minimum Gasteiger partial charge on any atom is -0.353 e. The first-order valence-electron chi connectivity index (χ1n) is 10.9. The van der Waals surface area contributed by atoms with Crippen molar-refractivity contribution in [2.45, 2.75) is 5.92 Å². The predicted molar refractivity (Wildman–Crippen MR) is 125 cm³/mol. The van der Waals surface area contributed by atoms with Crippen LogP contribution in [0.4, 0.5) is 5.82 Å². The van der Waals surface area contributed by atoms with Crippen molar-refractivity contribution in [3.63, 3.8) is 0 Å². The third-order valence-corrected chi connectivity index (χ3v) is 5.94. The topological polar surface area (TPSA) is 54.3 Å². The summed E-state index contributed by atoms with van der Waals surface area (Å²) < 4.78 is 1.97. The number of anilines is 1. The highest BCUT2D eigenvalue weighted by molar-refractivity contribution is 5.87. The van der Waals surface area contributed by atoms with Gasteiger partial charge in [0.2, 0.25) is 5.91 Å². The molecular formula is C26H25N5O. The predicted octanol–water partition coefficient (Wildman–Crippen LogP) is 3.75. The average molecular weight is 424 g/mol. The van der Waals surface area contributed by atoms with Gasteiger partial charge in [0.1, 0.15) is 18.0 Å². The van der Waals surface area contributed by atoms with Crippen LogP contribution in [0.25, 0.3) is 5.82 Å². The van der Waals surface area contributed by atoms with E-state index in [1.807, 2.05) is 101 Å². The van der Waals surface area contributed by atoms with E-state index < -0.39 is 0 Å². The number of hydrogen-bond acceptors (Lipinski definition) is 4. The molecule has 6 heteroatoms. The van der Waals surface area contributed by atoms with Gasteiger partial charge < -0.3 is 14.4 Å². The zero-order valence-electron chi connectivity index (χ0n) is 17.8. The van der Waals surface area contributed by atoms with Crippen LogP contribution in [0.2, 0.25) is 0 Å². The van der Waals surface area contributed by atoms with Crippen LogP contribution in [0.1, 0.15) is 17.0 Å². The normalized spacial score (nSPS) is 14.0. The molecule has 32 heavy (non-hydrogen) atoms. The van der Waals surface area contributed by atoms with Gasteiger partial charge in [0.25, 0.3) is 0 Å². The van der Waals surface area contributed by atoms with Crippen LogP contribution in [0.15, 0.2) is 97.6 Å². The van der Waals surface area contributed by atoms with E-state index in [2.05, 4.69) is 14.9 Å². The van der Waals surface area contributed by atoms with Crippen molar-refractivity contribution in [2.75, 3.05) is 31.1 Å².